The molecule has 1 aromatic rings. The molecule has 23 heavy (non-hydrogen) atoms. The lowest BCUT2D eigenvalue weighted by molar-refractivity contribution is 0.0297. The number of hydrogen-bond donors (Lipinski definition) is 2. The minimum atomic E-state index is -1.37. The number of hydrogen-bond acceptors (Lipinski definition) is 3. The largest absolute Gasteiger partial charge is 0.482 e. The molecule has 0 aromatic heterocycles. The van der Waals surface area contributed by atoms with E-state index in [2.05, 4.69) is 10.0 Å². The summed E-state index contributed by atoms with van der Waals surface area (Å²) in [6, 6.07) is 1.62. The van der Waals surface area contributed by atoms with Gasteiger partial charge in [0.1, 0.15) is 11.4 Å². The molecule has 0 amide bonds. The van der Waals surface area contributed by atoms with Crippen molar-refractivity contribution in [2.75, 3.05) is 13.1 Å². The molecule has 0 radical (unpaired) electrons. The Bertz CT molecular complexity index is 640. The van der Waals surface area contributed by atoms with Gasteiger partial charge in [0.05, 0.1) is 21.8 Å². The summed E-state index contributed by atoms with van der Waals surface area (Å²) < 4.78 is 49.0. The van der Waals surface area contributed by atoms with E-state index in [-0.39, 0.29) is 5.75 Å². The van der Waals surface area contributed by atoms with Gasteiger partial charge in [0.15, 0.2) is 11.6 Å². The maximum absolute atomic E-state index is 14.2. The van der Waals surface area contributed by atoms with Crippen LogP contribution in [0.1, 0.15) is 45.2 Å². The zero-order valence-electron chi connectivity index (χ0n) is 13.5. The average molecular weight is 344 g/mol. The molecule has 1 spiro atoms. The number of halogens is 2. The summed E-state index contributed by atoms with van der Waals surface area (Å²) in [6.45, 7) is 7.01. The maximum Gasteiger partial charge on any atom is 0.168 e. The highest BCUT2D eigenvalue weighted by molar-refractivity contribution is 7.84. The summed E-state index contributed by atoms with van der Waals surface area (Å²) in [7, 11) is -1.37. The van der Waals surface area contributed by atoms with Crippen LogP contribution in [0.3, 0.4) is 0 Å². The summed E-state index contributed by atoms with van der Waals surface area (Å²) in [4.78, 5) is 0. The third-order valence-electron chi connectivity index (χ3n) is 4.41. The lowest BCUT2D eigenvalue weighted by Gasteiger charge is -2.39. The zero-order valence-corrected chi connectivity index (χ0v) is 14.4. The van der Waals surface area contributed by atoms with Crippen LogP contribution in [0.2, 0.25) is 0 Å². The Balaban J connectivity index is 2.02. The van der Waals surface area contributed by atoms with Gasteiger partial charge in [-0.05, 0) is 39.9 Å². The molecule has 0 aliphatic carbocycles. The summed E-state index contributed by atoms with van der Waals surface area (Å²) >= 11 is 0. The van der Waals surface area contributed by atoms with Crippen LogP contribution < -0.4 is 14.8 Å². The third-order valence-corrected chi connectivity index (χ3v) is 5.97. The molecular weight excluding hydrogens is 322 g/mol. The highest BCUT2D eigenvalue weighted by Crippen LogP contribution is 2.49. The van der Waals surface area contributed by atoms with Gasteiger partial charge in [-0.3, -0.25) is 0 Å². The van der Waals surface area contributed by atoms with Crippen LogP contribution in [0.4, 0.5) is 8.78 Å². The average Bonchev–Trinajstić information content (AvgIpc) is 2.74. The van der Waals surface area contributed by atoms with Gasteiger partial charge in [-0.2, -0.15) is 0 Å². The highest BCUT2D eigenvalue weighted by Gasteiger charge is 2.51. The van der Waals surface area contributed by atoms with E-state index in [9.17, 15) is 13.0 Å². The lowest BCUT2D eigenvalue weighted by Crippen LogP contribution is -2.53. The molecule has 2 atom stereocenters. The molecule has 0 unspecified atom stereocenters. The van der Waals surface area contributed by atoms with Gasteiger partial charge in [0.25, 0.3) is 0 Å². The fourth-order valence-corrected chi connectivity index (χ4v) is 4.05. The van der Waals surface area contributed by atoms with Gasteiger partial charge in [-0.1, -0.05) is 0 Å². The van der Waals surface area contributed by atoms with Crippen LogP contribution >= 0.6 is 0 Å². The van der Waals surface area contributed by atoms with Gasteiger partial charge in [-0.25, -0.2) is 17.7 Å². The van der Waals surface area contributed by atoms with Crippen molar-refractivity contribution in [3.63, 3.8) is 0 Å². The minimum Gasteiger partial charge on any atom is -0.482 e. The van der Waals surface area contributed by atoms with Gasteiger partial charge in [0, 0.05) is 24.5 Å². The minimum absolute atomic E-state index is 0.0803. The van der Waals surface area contributed by atoms with Crippen molar-refractivity contribution in [1.29, 1.82) is 0 Å². The Morgan fingerprint density at radius 3 is 2.57 bits per heavy atom. The SMILES string of the molecule is CC(C)(C)[S@@](=O)N[C@@H]1c2cc(F)cc(F)c2OC12CCNCC2. The van der Waals surface area contributed by atoms with E-state index in [1.54, 1.807) is 0 Å². The first kappa shape index (κ1) is 16.8. The molecular formula is C16H22F2N2O2S. The van der Waals surface area contributed by atoms with Crippen molar-refractivity contribution >= 4 is 11.0 Å². The number of ether oxygens (including phenoxy) is 1. The van der Waals surface area contributed by atoms with Crippen molar-refractivity contribution in [2.45, 2.75) is 50.0 Å². The van der Waals surface area contributed by atoms with Crippen molar-refractivity contribution < 1.29 is 17.7 Å². The Morgan fingerprint density at radius 1 is 1.30 bits per heavy atom. The molecule has 1 aromatic carbocycles. The topological polar surface area (TPSA) is 50.4 Å². The van der Waals surface area contributed by atoms with E-state index < -0.39 is 39.0 Å². The standard InChI is InChI=1S/C16H22F2N2O2S/c1-15(2,3)23(21)20-14-11-8-10(17)9-12(18)13(11)22-16(14)4-6-19-7-5-16/h8-9,14,19-20H,4-7H2,1-3H3/t14-,23-/m1/s1. The van der Waals surface area contributed by atoms with Crippen molar-refractivity contribution in [3.8, 4) is 5.75 Å². The summed E-state index contributed by atoms with van der Waals surface area (Å²) in [5, 5.41) is 3.24. The smallest absolute Gasteiger partial charge is 0.168 e. The van der Waals surface area contributed by atoms with E-state index in [1.807, 2.05) is 20.8 Å². The summed E-state index contributed by atoms with van der Waals surface area (Å²) in [5.41, 5.74) is -0.273. The maximum atomic E-state index is 14.2. The van der Waals surface area contributed by atoms with Gasteiger partial charge >= 0.3 is 0 Å². The van der Waals surface area contributed by atoms with Crippen LogP contribution in [0, 0.1) is 11.6 Å². The molecule has 1 saturated heterocycles. The first-order valence-corrected chi connectivity index (χ1v) is 8.95. The molecule has 7 heteroatoms. The first-order chi connectivity index (χ1) is 10.7. The molecule has 4 nitrogen and oxygen atoms in total. The van der Waals surface area contributed by atoms with Crippen LogP contribution in [-0.4, -0.2) is 27.6 Å². The predicted molar refractivity (Wildman–Crippen MR) is 85.6 cm³/mol. The predicted octanol–water partition coefficient (Wildman–Crippen LogP) is 2.57. The highest BCUT2D eigenvalue weighted by atomic mass is 32.2. The molecule has 0 bridgehead atoms. The molecule has 1 fully saturated rings. The van der Waals surface area contributed by atoms with Crippen molar-refractivity contribution in [1.82, 2.24) is 10.0 Å². The molecule has 128 valence electrons. The normalized spacial score (nSPS) is 24.3. The number of rotatable bonds is 2. The zero-order chi connectivity index (χ0) is 16.8. The number of fused-ring (bicyclic) bond motifs is 1. The van der Waals surface area contributed by atoms with Gasteiger partial charge in [0.2, 0.25) is 0 Å². The second-order valence-corrected chi connectivity index (χ2v) is 9.15. The number of benzene rings is 1. The van der Waals surface area contributed by atoms with Gasteiger partial charge in [-0.15, -0.1) is 0 Å². The second kappa shape index (κ2) is 5.79. The molecule has 2 heterocycles. The molecule has 2 N–H and O–H groups in total. The number of piperidine rings is 1. The van der Waals surface area contributed by atoms with E-state index in [0.717, 1.165) is 19.2 Å². The van der Waals surface area contributed by atoms with E-state index in [1.165, 1.54) is 6.07 Å². The van der Waals surface area contributed by atoms with Gasteiger partial charge < -0.3 is 10.1 Å². The van der Waals surface area contributed by atoms with Crippen LogP contribution in [0.25, 0.3) is 0 Å². The van der Waals surface area contributed by atoms with Crippen LogP contribution in [-0.2, 0) is 11.0 Å². The fraction of sp³-hybridized carbons (Fsp3) is 0.625. The summed E-state index contributed by atoms with van der Waals surface area (Å²) in [6.07, 6.45) is 1.28. The monoisotopic (exact) mass is 344 g/mol. The van der Waals surface area contributed by atoms with Crippen LogP contribution in [0.5, 0.6) is 5.75 Å². The second-order valence-electron chi connectivity index (χ2n) is 7.15. The molecule has 3 rings (SSSR count). The molecule has 2 aliphatic rings. The molecule has 2 aliphatic heterocycles. The molecule has 0 saturated carbocycles. The van der Waals surface area contributed by atoms with E-state index >= 15 is 0 Å². The number of nitrogens with one attached hydrogen (secondary N) is 2. The summed E-state index contributed by atoms with van der Waals surface area (Å²) in [5.74, 6) is -1.27. The Morgan fingerprint density at radius 2 is 1.96 bits per heavy atom. The Labute approximate surface area is 137 Å². The van der Waals surface area contributed by atoms with Crippen molar-refractivity contribution in [3.05, 3.63) is 29.3 Å². The quantitative estimate of drug-likeness (QED) is 0.867. The first-order valence-electron chi connectivity index (χ1n) is 7.80. The lowest BCUT2D eigenvalue weighted by atomic mass is 9.84. The van der Waals surface area contributed by atoms with Crippen molar-refractivity contribution in [2.24, 2.45) is 0 Å². The Hall–Kier alpha value is -1.05. The van der Waals surface area contributed by atoms with E-state index in [4.69, 9.17) is 4.74 Å². The Kier molecular flexibility index (Phi) is 4.23. The van der Waals surface area contributed by atoms with E-state index in [0.29, 0.717) is 18.4 Å². The van der Waals surface area contributed by atoms with Crippen LogP contribution in [0.15, 0.2) is 12.1 Å². The third kappa shape index (κ3) is 3.02. The fourth-order valence-electron chi connectivity index (χ4n) is 3.14.